The van der Waals surface area contributed by atoms with Crippen molar-refractivity contribution in [3.05, 3.63) is 21.8 Å². The summed E-state index contributed by atoms with van der Waals surface area (Å²) in [6.07, 6.45) is 1.01. The number of aromatic nitrogens is 5. The normalized spacial score (nSPS) is 10.9. The lowest BCUT2D eigenvalue weighted by Crippen LogP contribution is -2.14. The number of rotatable bonds is 6. The quantitative estimate of drug-likeness (QED) is 0.675. The second kappa shape index (κ2) is 7.20. The van der Waals surface area contributed by atoms with Crippen molar-refractivity contribution >= 4 is 45.5 Å². The van der Waals surface area contributed by atoms with E-state index in [-0.39, 0.29) is 11.7 Å². The van der Waals surface area contributed by atoms with Crippen LogP contribution in [0, 0.1) is 0 Å². The van der Waals surface area contributed by atoms with Crippen molar-refractivity contribution in [3.8, 4) is 11.4 Å². The van der Waals surface area contributed by atoms with Crippen molar-refractivity contribution in [1.29, 1.82) is 0 Å². The van der Waals surface area contributed by atoms with Crippen LogP contribution in [0.1, 0.15) is 11.8 Å². The van der Waals surface area contributed by atoms with Crippen molar-refractivity contribution in [2.75, 3.05) is 11.1 Å². The molecule has 0 saturated carbocycles. The van der Waals surface area contributed by atoms with E-state index in [4.69, 9.17) is 0 Å². The van der Waals surface area contributed by atoms with Gasteiger partial charge in [-0.1, -0.05) is 30.0 Å². The SMILES string of the molecule is CCc1cc(-c2nnc(SCC(=O)Nc3nncs3)n2C)cs1. The molecule has 10 heteroatoms. The maximum Gasteiger partial charge on any atom is 0.236 e. The molecule has 0 fully saturated rings. The minimum absolute atomic E-state index is 0.139. The monoisotopic (exact) mass is 366 g/mol. The molecule has 0 radical (unpaired) electrons. The first-order chi connectivity index (χ1) is 11.2. The summed E-state index contributed by atoms with van der Waals surface area (Å²) < 4.78 is 1.91. The average Bonchev–Trinajstić information content (AvgIpc) is 3.26. The van der Waals surface area contributed by atoms with Gasteiger partial charge in [0.25, 0.3) is 0 Å². The number of thioether (sulfide) groups is 1. The number of nitrogens with zero attached hydrogens (tertiary/aromatic N) is 5. The molecular formula is C13H14N6OS3. The largest absolute Gasteiger partial charge is 0.305 e. The molecule has 3 heterocycles. The van der Waals surface area contributed by atoms with Gasteiger partial charge in [0.05, 0.1) is 5.75 Å². The van der Waals surface area contributed by atoms with Gasteiger partial charge < -0.3 is 4.57 Å². The van der Waals surface area contributed by atoms with E-state index in [1.54, 1.807) is 16.8 Å². The van der Waals surface area contributed by atoms with E-state index in [9.17, 15) is 4.79 Å². The zero-order valence-electron chi connectivity index (χ0n) is 12.5. The Bertz CT molecular complexity index is 795. The lowest BCUT2D eigenvalue weighted by atomic mass is 10.2. The lowest BCUT2D eigenvalue weighted by Gasteiger charge is -2.02. The number of hydrogen-bond acceptors (Lipinski definition) is 8. The molecule has 3 aromatic heterocycles. The molecule has 0 saturated heterocycles. The molecule has 0 unspecified atom stereocenters. The molecule has 0 aromatic carbocycles. The summed E-state index contributed by atoms with van der Waals surface area (Å²) >= 11 is 4.35. The highest BCUT2D eigenvalue weighted by atomic mass is 32.2. The molecule has 1 N–H and O–H groups in total. The fourth-order valence-electron chi connectivity index (χ4n) is 1.89. The van der Waals surface area contributed by atoms with Gasteiger partial charge in [0.15, 0.2) is 11.0 Å². The maximum atomic E-state index is 11.9. The molecule has 0 spiro atoms. The van der Waals surface area contributed by atoms with Crippen LogP contribution in [-0.4, -0.2) is 36.6 Å². The molecule has 0 aliphatic rings. The third kappa shape index (κ3) is 3.77. The van der Waals surface area contributed by atoms with Gasteiger partial charge >= 0.3 is 0 Å². The summed E-state index contributed by atoms with van der Waals surface area (Å²) in [7, 11) is 1.91. The Labute approximate surface area is 145 Å². The molecule has 0 aliphatic heterocycles. The number of hydrogen-bond donors (Lipinski definition) is 1. The van der Waals surface area contributed by atoms with Crippen molar-refractivity contribution < 1.29 is 4.79 Å². The third-order valence-corrected chi connectivity index (χ3v) is 5.74. The first-order valence-electron chi connectivity index (χ1n) is 6.83. The van der Waals surface area contributed by atoms with Crippen LogP contribution in [0.15, 0.2) is 22.1 Å². The number of carbonyl (C=O) groups excluding carboxylic acids is 1. The summed E-state index contributed by atoms with van der Waals surface area (Å²) in [6, 6.07) is 2.13. The lowest BCUT2D eigenvalue weighted by molar-refractivity contribution is -0.113. The van der Waals surface area contributed by atoms with Gasteiger partial charge in [0.2, 0.25) is 11.0 Å². The highest BCUT2D eigenvalue weighted by Crippen LogP contribution is 2.27. The second-order valence-electron chi connectivity index (χ2n) is 4.60. The molecule has 23 heavy (non-hydrogen) atoms. The van der Waals surface area contributed by atoms with E-state index in [2.05, 4.69) is 44.1 Å². The summed E-state index contributed by atoms with van der Waals surface area (Å²) in [5, 5.41) is 21.8. The topological polar surface area (TPSA) is 85.6 Å². The minimum Gasteiger partial charge on any atom is -0.305 e. The van der Waals surface area contributed by atoms with Gasteiger partial charge in [-0.25, -0.2) is 0 Å². The number of nitrogens with one attached hydrogen (secondary N) is 1. The van der Waals surface area contributed by atoms with Gasteiger partial charge in [0, 0.05) is 22.9 Å². The van der Waals surface area contributed by atoms with E-state index in [1.165, 1.54) is 28.0 Å². The summed E-state index contributed by atoms with van der Waals surface area (Å²) in [5.74, 6) is 0.920. The molecule has 0 aliphatic carbocycles. The molecule has 3 aromatic rings. The van der Waals surface area contributed by atoms with E-state index >= 15 is 0 Å². The highest BCUT2D eigenvalue weighted by Gasteiger charge is 2.14. The van der Waals surface area contributed by atoms with Crippen molar-refractivity contribution in [2.24, 2.45) is 7.05 Å². The Kier molecular flexibility index (Phi) is 5.03. The van der Waals surface area contributed by atoms with Crippen molar-refractivity contribution in [1.82, 2.24) is 25.0 Å². The molecule has 0 bridgehead atoms. The molecule has 120 valence electrons. The van der Waals surface area contributed by atoms with E-state index < -0.39 is 0 Å². The zero-order valence-corrected chi connectivity index (χ0v) is 15.0. The van der Waals surface area contributed by atoms with Crippen LogP contribution in [0.2, 0.25) is 0 Å². The third-order valence-electron chi connectivity index (χ3n) is 3.03. The van der Waals surface area contributed by atoms with Gasteiger partial charge in [0.1, 0.15) is 5.51 Å². The second-order valence-corrected chi connectivity index (χ2v) is 7.37. The van der Waals surface area contributed by atoms with Gasteiger partial charge in [-0.3, -0.25) is 10.1 Å². The van der Waals surface area contributed by atoms with Crippen LogP contribution in [0.3, 0.4) is 0 Å². The zero-order chi connectivity index (χ0) is 16.2. The molecule has 3 rings (SSSR count). The fourth-order valence-corrected chi connectivity index (χ4v) is 3.87. The maximum absolute atomic E-state index is 11.9. The number of aryl methyl sites for hydroxylation is 1. The highest BCUT2D eigenvalue weighted by molar-refractivity contribution is 7.99. The number of carbonyl (C=O) groups is 1. The van der Waals surface area contributed by atoms with Crippen molar-refractivity contribution in [3.63, 3.8) is 0 Å². The Balaban J connectivity index is 1.64. The molecule has 1 amide bonds. The summed E-state index contributed by atoms with van der Waals surface area (Å²) in [5.41, 5.74) is 2.63. The minimum atomic E-state index is -0.139. The molecule has 7 nitrogen and oxygen atoms in total. The van der Waals surface area contributed by atoms with Gasteiger partial charge in [-0.15, -0.1) is 31.7 Å². The van der Waals surface area contributed by atoms with Crippen LogP contribution < -0.4 is 5.32 Å². The fraction of sp³-hybridized carbons (Fsp3) is 0.308. The van der Waals surface area contributed by atoms with Crippen molar-refractivity contribution in [2.45, 2.75) is 18.5 Å². The first kappa shape index (κ1) is 16.1. The standard InChI is InChI=1S/C13H14N6OS3/c1-3-9-4-8(5-21-9)11-16-18-13(19(11)2)22-6-10(20)15-12-17-14-7-23-12/h4-5,7H,3,6H2,1-2H3,(H,15,17,20). The Morgan fingerprint density at radius 2 is 2.22 bits per heavy atom. The first-order valence-corrected chi connectivity index (χ1v) is 9.58. The van der Waals surface area contributed by atoms with E-state index in [1.807, 2.05) is 11.6 Å². The number of thiophene rings is 1. The number of amides is 1. The van der Waals surface area contributed by atoms with Gasteiger partial charge in [-0.2, -0.15) is 0 Å². The summed E-state index contributed by atoms with van der Waals surface area (Å²) in [4.78, 5) is 13.2. The van der Waals surface area contributed by atoms with E-state index in [0.29, 0.717) is 10.3 Å². The van der Waals surface area contributed by atoms with Crippen LogP contribution in [0.4, 0.5) is 5.13 Å². The predicted octanol–water partition coefficient (Wildman–Crippen LogP) is 2.69. The van der Waals surface area contributed by atoms with E-state index in [0.717, 1.165) is 17.8 Å². The van der Waals surface area contributed by atoms with Crippen LogP contribution >= 0.6 is 34.4 Å². The smallest absolute Gasteiger partial charge is 0.236 e. The Morgan fingerprint density at radius 1 is 1.35 bits per heavy atom. The Hall–Kier alpha value is -1.78. The van der Waals surface area contributed by atoms with Crippen LogP contribution in [0.25, 0.3) is 11.4 Å². The Morgan fingerprint density at radius 3 is 2.91 bits per heavy atom. The molecule has 0 atom stereocenters. The van der Waals surface area contributed by atoms with Crippen LogP contribution in [0.5, 0.6) is 0 Å². The summed E-state index contributed by atoms with van der Waals surface area (Å²) in [6.45, 7) is 2.13. The molecular weight excluding hydrogens is 352 g/mol. The average molecular weight is 366 g/mol. The van der Waals surface area contributed by atoms with Gasteiger partial charge in [-0.05, 0) is 12.5 Å². The van der Waals surface area contributed by atoms with Crippen LogP contribution in [-0.2, 0) is 18.3 Å². The predicted molar refractivity (Wildman–Crippen MR) is 93.0 cm³/mol. The number of anilines is 1.